The molecule has 0 aromatic heterocycles. The lowest BCUT2D eigenvalue weighted by Crippen LogP contribution is -2.27. The Morgan fingerprint density at radius 1 is 1.33 bits per heavy atom. The second kappa shape index (κ2) is 4.64. The smallest absolute Gasteiger partial charge is 0.0871 e. The molecule has 0 amide bonds. The van der Waals surface area contributed by atoms with E-state index in [0.29, 0.717) is 0 Å². The maximum absolute atomic E-state index is 10.8. The van der Waals surface area contributed by atoms with Gasteiger partial charge in [0, 0.05) is 4.47 Å². The molecule has 98 valence electrons. The largest absolute Gasteiger partial charge is 0.385 e. The van der Waals surface area contributed by atoms with Crippen LogP contribution < -0.4 is 0 Å². The van der Waals surface area contributed by atoms with Crippen LogP contribution in [0.4, 0.5) is 0 Å². The molecule has 0 spiro atoms. The van der Waals surface area contributed by atoms with E-state index in [2.05, 4.69) is 15.9 Å². The number of aliphatic hydroxyl groups is 1. The molecule has 1 aromatic rings. The van der Waals surface area contributed by atoms with Gasteiger partial charge in [-0.05, 0) is 68.1 Å². The first-order chi connectivity index (χ1) is 8.54. The summed E-state index contributed by atoms with van der Waals surface area (Å²) in [5, 5.41) is 10.8. The number of rotatable bonds is 3. The van der Waals surface area contributed by atoms with Gasteiger partial charge in [-0.3, -0.25) is 0 Å². The maximum Gasteiger partial charge on any atom is 0.0871 e. The average Bonchev–Trinajstić information content (AvgIpc) is 2.90. The average molecular weight is 309 g/mol. The van der Waals surface area contributed by atoms with Crippen molar-refractivity contribution in [2.75, 3.05) is 0 Å². The maximum atomic E-state index is 10.8. The molecule has 3 rings (SSSR count). The van der Waals surface area contributed by atoms with Crippen LogP contribution in [0.1, 0.15) is 44.6 Å². The molecule has 4 atom stereocenters. The molecule has 2 bridgehead atoms. The summed E-state index contributed by atoms with van der Waals surface area (Å²) in [6, 6.07) is 8.11. The van der Waals surface area contributed by atoms with E-state index < -0.39 is 5.60 Å². The van der Waals surface area contributed by atoms with Gasteiger partial charge < -0.3 is 5.11 Å². The van der Waals surface area contributed by atoms with Crippen LogP contribution in [0.25, 0.3) is 0 Å². The van der Waals surface area contributed by atoms with Crippen molar-refractivity contribution in [3.63, 3.8) is 0 Å². The predicted molar refractivity (Wildman–Crippen MR) is 77.3 cm³/mol. The summed E-state index contributed by atoms with van der Waals surface area (Å²) in [6.45, 7) is 1.97. The SMILES string of the molecule is CC(O)(CC1CC2CCC1C2)c1cccc(Br)c1. The van der Waals surface area contributed by atoms with Crippen LogP contribution in [0, 0.1) is 17.8 Å². The van der Waals surface area contributed by atoms with E-state index in [1.165, 1.54) is 25.7 Å². The highest BCUT2D eigenvalue weighted by Gasteiger charge is 2.42. The molecule has 2 saturated carbocycles. The molecule has 1 N–H and O–H groups in total. The van der Waals surface area contributed by atoms with Crippen molar-refractivity contribution in [3.05, 3.63) is 34.3 Å². The third kappa shape index (κ3) is 2.37. The van der Waals surface area contributed by atoms with Crippen LogP contribution >= 0.6 is 15.9 Å². The van der Waals surface area contributed by atoms with Gasteiger partial charge >= 0.3 is 0 Å². The first-order valence-electron chi connectivity index (χ1n) is 7.03. The summed E-state index contributed by atoms with van der Waals surface area (Å²) in [5.41, 5.74) is 0.360. The number of benzene rings is 1. The normalized spacial score (nSPS) is 33.6. The Labute approximate surface area is 118 Å². The van der Waals surface area contributed by atoms with Gasteiger partial charge in [-0.1, -0.05) is 34.5 Å². The zero-order valence-electron chi connectivity index (χ0n) is 10.9. The summed E-state index contributed by atoms with van der Waals surface area (Å²) in [7, 11) is 0. The van der Waals surface area contributed by atoms with Gasteiger partial charge in [0.25, 0.3) is 0 Å². The van der Waals surface area contributed by atoms with E-state index >= 15 is 0 Å². The Bertz CT molecular complexity index is 440. The lowest BCUT2D eigenvalue weighted by molar-refractivity contribution is 0.0204. The predicted octanol–water partition coefficient (Wildman–Crippen LogP) is 4.48. The third-order valence-corrected chi connectivity index (χ3v) is 5.48. The standard InChI is InChI=1S/C16H21BrO/c1-16(18,14-3-2-4-15(17)9-14)10-13-8-11-5-6-12(13)7-11/h2-4,9,11-13,18H,5-8,10H2,1H3. The van der Waals surface area contributed by atoms with Crippen molar-refractivity contribution in [2.45, 2.75) is 44.6 Å². The summed E-state index contributed by atoms with van der Waals surface area (Å²) in [5.74, 6) is 2.57. The lowest BCUT2D eigenvalue weighted by Gasteiger charge is -2.31. The Balaban J connectivity index is 1.74. The minimum Gasteiger partial charge on any atom is -0.385 e. The van der Waals surface area contributed by atoms with Gasteiger partial charge in [0.1, 0.15) is 0 Å². The van der Waals surface area contributed by atoms with Crippen molar-refractivity contribution >= 4 is 15.9 Å². The Kier molecular flexibility index (Phi) is 3.27. The van der Waals surface area contributed by atoms with Crippen LogP contribution in [-0.4, -0.2) is 5.11 Å². The van der Waals surface area contributed by atoms with Gasteiger partial charge in [0.05, 0.1) is 5.60 Å². The van der Waals surface area contributed by atoms with Crippen molar-refractivity contribution in [2.24, 2.45) is 17.8 Å². The van der Waals surface area contributed by atoms with E-state index in [1.54, 1.807) is 0 Å². The molecule has 2 fully saturated rings. The molecule has 1 nitrogen and oxygen atoms in total. The van der Waals surface area contributed by atoms with E-state index in [-0.39, 0.29) is 0 Å². The van der Waals surface area contributed by atoms with Gasteiger partial charge in [-0.25, -0.2) is 0 Å². The topological polar surface area (TPSA) is 20.2 Å². The number of fused-ring (bicyclic) bond motifs is 2. The highest BCUT2D eigenvalue weighted by atomic mass is 79.9. The van der Waals surface area contributed by atoms with Crippen LogP contribution in [0.15, 0.2) is 28.7 Å². The lowest BCUT2D eigenvalue weighted by atomic mass is 9.78. The molecule has 18 heavy (non-hydrogen) atoms. The number of halogens is 1. The van der Waals surface area contributed by atoms with E-state index in [0.717, 1.165) is 34.2 Å². The molecule has 0 heterocycles. The minimum absolute atomic E-state index is 0.682. The van der Waals surface area contributed by atoms with Gasteiger partial charge in [-0.2, -0.15) is 0 Å². The molecule has 0 saturated heterocycles. The molecular weight excluding hydrogens is 288 g/mol. The molecule has 1 aromatic carbocycles. The van der Waals surface area contributed by atoms with Gasteiger partial charge in [-0.15, -0.1) is 0 Å². The summed E-state index contributed by atoms with van der Waals surface area (Å²) in [6.07, 6.45) is 6.50. The van der Waals surface area contributed by atoms with Crippen LogP contribution in [-0.2, 0) is 5.60 Å². The Morgan fingerprint density at radius 2 is 2.17 bits per heavy atom. The number of hydrogen-bond acceptors (Lipinski definition) is 1. The zero-order valence-corrected chi connectivity index (χ0v) is 12.5. The fourth-order valence-corrected chi connectivity index (χ4v) is 4.48. The van der Waals surface area contributed by atoms with Crippen LogP contribution in [0.5, 0.6) is 0 Å². The van der Waals surface area contributed by atoms with E-state index in [1.807, 2.05) is 31.2 Å². The molecule has 2 aliphatic rings. The van der Waals surface area contributed by atoms with Gasteiger partial charge in [0.2, 0.25) is 0 Å². The second-order valence-electron chi connectivity index (χ2n) is 6.42. The molecule has 0 radical (unpaired) electrons. The van der Waals surface area contributed by atoms with Crippen molar-refractivity contribution in [1.29, 1.82) is 0 Å². The van der Waals surface area contributed by atoms with Crippen molar-refractivity contribution < 1.29 is 5.11 Å². The number of hydrogen-bond donors (Lipinski definition) is 1. The summed E-state index contributed by atoms with van der Waals surface area (Å²) < 4.78 is 1.05. The minimum atomic E-state index is -0.682. The molecule has 0 aliphatic heterocycles. The molecular formula is C16H21BrO. The molecule has 2 heteroatoms. The highest BCUT2D eigenvalue weighted by molar-refractivity contribution is 9.10. The van der Waals surface area contributed by atoms with Crippen LogP contribution in [0.3, 0.4) is 0 Å². The quantitative estimate of drug-likeness (QED) is 0.872. The third-order valence-electron chi connectivity index (χ3n) is 4.99. The van der Waals surface area contributed by atoms with Gasteiger partial charge in [0.15, 0.2) is 0 Å². The van der Waals surface area contributed by atoms with E-state index in [9.17, 15) is 5.11 Å². The molecule has 4 unspecified atom stereocenters. The summed E-state index contributed by atoms with van der Waals surface area (Å²) >= 11 is 3.49. The molecule has 2 aliphatic carbocycles. The Hall–Kier alpha value is -0.340. The monoisotopic (exact) mass is 308 g/mol. The first-order valence-corrected chi connectivity index (χ1v) is 7.82. The van der Waals surface area contributed by atoms with Crippen molar-refractivity contribution in [1.82, 2.24) is 0 Å². The van der Waals surface area contributed by atoms with Crippen molar-refractivity contribution in [3.8, 4) is 0 Å². The fraction of sp³-hybridized carbons (Fsp3) is 0.625. The highest BCUT2D eigenvalue weighted by Crippen LogP contribution is 2.51. The zero-order chi connectivity index (χ0) is 12.8. The fourth-order valence-electron chi connectivity index (χ4n) is 4.08. The first kappa shape index (κ1) is 12.7. The second-order valence-corrected chi connectivity index (χ2v) is 7.34. The van der Waals surface area contributed by atoms with E-state index in [4.69, 9.17) is 0 Å². The van der Waals surface area contributed by atoms with Crippen LogP contribution in [0.2, 0.25) is 0 Å². The Morgan fingerprint density at radius 3 is 2.78 bits per heavy atom. The summed E-state index contributed by atoms with van der Waals surface area (Å²) in [4.78, 5) is 0.